The quantitative estimate of drug-likeness (QED) is 0.826. The summed E-state index contributed by atoms with van der Waals surface area (Å²) in [5, 5.41) is 7.12. The van der Waals surface area contributed by atoms with Gasteiger partial charge in [-0.3, -0.25) is 0 Å². The van der Waals surface area contributed by atoms with E-state index < -0.39 is 0 Å². The van der Waals surface area contributed by atoms with Crippen LogP contribution in [-0.4, -0.2) is 29.4 Å². The van der Waals surface area contributed by atoms with Crippen molar-refractivity contribution in [2.75, 3.05) is 18.5 Å². The highest BCUT2D eigenvalue weighted by atomic mass is 35.5. The van der Waals surface area contributed by atoms with E-state index >= 15 is 0 Å². The SMILES string of the molecule is S=C(NC[C@@H]1CCCO1)Nc1ncccc1Cl. The lowest BCUT2D eigenvalue weighted by Crippen LogP contribution is -2.35. The number of ether oxygens (including phenoxy) is 1. The van der Waals surface area contributed by atoms with E-state index in [0.29, 0.717) is 16.0 Å². The summed E-state index contributed by atoms with van der Waals surface area (Å²) in [6.07, 6.45) is 4.13. The predicted octanol–water partition coefficient (Wildman–Crippen LogP) is 2.20. The zero-order valence-corrected chi connectivity index (χ0v) is 10.9. The Hall–Kier alpha value is -0.910. The van der Waals surface area contributed by atoms with E-state index in [4.69, 9.17) is 28.6 Å². The molecule has 2 heterocycles. The zero-order valence-electron chi connectivity index (χ0n) is 9.28. The van der Waals surface area contributed by atoms with Gasteiger partial charge in [0, 0.05) is 19.3 Å². The topological polar surface area (TPSA) is 46.2 Å². The average Bonchev–Trinajstić information content (AvgIpc) is 2.82. The fourth-order valence-corrected chi connectivity index (χ4v) is 1.99. The third kappa shape index (κ3) is 3.80. The lowest BCUT2D eigenvalue weighted by atomic mass is 10.2. The van der Waals surface area contributed by atoms with Crippen LogP contribution in [0.4, 0.5) is 5.82 Å². The van der Waals surface area contributed by atoms with E-state index in [9.17, 15) is 0 Å². The Kier molecular flexibility index (Phi) is 4.53. The van der Waals surface area contributed by atoms with Crippen molar-refractivity contribution < 1.29 is 4.74 Å². The normalized spacial score (nSPS) is 19.0. The highest BCUT2D eigenvalue weighted by Gasteiger charge is 2.15. The van der Waals surface area contributed by atoms with Crippen LogP contribution in [0, 0.1) is 0 Å². The molecule has 1 aromatic rings. The van der Waals surface area contributed by atoms with Gasteiger partial charge in [-0.2, -0.15) is 0 Å². The van der Waals surface area contributed by atoms with Gasteiger partial charge in [-0.15, -0.1) is 0 Å². The Labute approximate surface area is 111 Å². The van der Waals surface area contributed by atoms with Gasteiger partial charge in [-0.1, -0.05) is 11.6 Å². The first kappa shape index (κ1) is 12.5. The number of hydrogen-bond donors (Lipinski definition) is 2. The molecule has 1 saturated heterocycles. The lowest BCUT2D eigenvalue weighted by molar-refractivity contribution is 0.114. The second-order valence-electron chi connectivity index (χ2n) is 3.80. The van der Waals surface area contributed by atoms with Crippen molar-refractivity contribution in [1.29, 1.82) is 0 Å². The van der Waals surface area contributed by atoms with E-state index in [1.165, 1.54) is 0 Å². The molecule has 0 aliphatic carbocycles. The third-order valence-electron chi connectivity index (χ3n) is 2.50. The first-order chi connectivity index (χ1) is 8.25. The molecule has 0 unspecified atom stereocenters. The molecule has 0 bridgehead atoms. The second-order valence-corrected chi connectivity index (χ2v) is 4.62. The van der Waals surface area contributed by atoms with Gasteiger partial charge in [-0.05, 0) is 37.2 Å². The molecule has 0 radical (unpaired) electrons. The molecule has 6 heteroatoms. The van der Waals surface area contributed by atoms with Gasteiger partial charge < -0.3 is 15.4 Å². The first-order valence-electron chi connectivity index (χ1n) is 5.52. The number of pyridine rings is 1. The molecule has 0 amide bonds. The highest BCUT2D eigenvalue weighted by Crippen LogP contribution is 2.17. The maximum atomic E-state index is 5.96. The molecule has 2 N–H and O–H groups in total. The lowest BCUT2D eigenvalue weighted by Gasteiger charge is -2.13. The molecule has 1 atom stereocenters. The largest absolute Gasteiger partial charge is 0.376 e. The third-order valence-corrected chi connectivity index (χ3v) is 3.06. The molecule has 1 fully saturated rings. The van der Waals surface area contributed by atoms with E-state index in [2.05, 4.69) is 15.6 Å². The average molecular weight is 272 g/mol. The number of halogens is 1. The molecule has 17 heavy (non-hydrogen) atoms. The molecule has 2 rings (SSSR count). The van der Waals surface area contributed by atoms with E-state index in [-0.39, 0.29) is 6.10 Å². The summed E-state index contributed by atoms with van der Waals surface area (Å²) in [6, 6.07) is 3.54. The van der Waals surface area contributed by atoms with Crippen LogP contribution < -0.4 is 10.6 Å². The molecule has 1 aliphatic heterocycles. The highest BCUT2D eigenvalue weighted by molar-refractivity contribution is 7.80. The number of nitrogens with zero attached hydrogens (tertiary/aromatic N) is 1. The van der Waals surface area contributed by atoms with Gasteiger partial charge in [0.05, 0.1) is 11.1 Å². The van der Waals surface area contributed by atoms with Gasteiger partial charge in [0.1, 0.15) is 0 Å². The minimum Gasteiger partial charge on any atom is -0.376 e. The summed E-state index contributed by atoms with van der Waals surface area (Å²) in [6.45, 7) is 1.56. The van der Waals surface area contributed by atoms with Crippen LogP contribution in [-0.2, 0) is 4.74 Å². The number of hydrogen-bond acceptors (Lipinski definition) is 3. The van der Waals surface area contributed by atoms with Crippen molar-refractivity contribution in [1.82, 2.24) is 10.3 Å². The van der Waals surface area contributed by atoms with Crippen LogP contribution in [0.2, 0.25) is 5.02 Å². The van der Waals surface area contributed by atoms with Crippen LogP contribution in [0.15, 0.2) is 18.3 Å². The van der Waals surface area contributed by atoms with Crippen molar-refractivity contribution in [2.24, 2.45) is 0 Å². The van der Waals surface area contributed by atoms with Crippen molar-refractivity contribution >= 4 is 34.7 Å². The number of rotatable bonds is 3. The number of nitrogens with one attached hydrogen (secondary N) is 2. The van der Waals surface area contributed by atoms with Crippen molar-refractivity contribution in [3.8, 4) is 0 Å². The maximum Gasteiger partial charge on any atom is 0.172 e. The summed E-state index contributed by atoms with van der Waals surface area (Å²) in [4.78, 5) is 4.10. The van der Waals surface area contributed by atoms with Crippen LogP contribution in [0.1, 0.15) is 12.8 Å². The summed E-state index contributed by atoms with van der Waals surface area (Å²) in [5.74, 6) is 0.569. The van der Waals surface area contributed by atoms with Crippen LogP contribution >= 0.6 is 23.8 Å². The van der Waals surface area contributed by atoms with Crippen LogP contribution in [0.3, 0.4) is 0 Å². The zero-order chi connectivity index (χ0) is 12.1. The Bertz CT molecular complexity index is 396. The number of thiocarbonyl (C=S) groups is 1. The monoisotopic (exact) mass is 271 g/mol. The summed E-state index contributed by atoms with van der Waals surface area (Å²) in [7, 11) is 0. The predicted molar refractivity (Wildman–Crippen MR) is 72.4 cm³/mol. The van der Waals surface area contributed by atoms with Crippen molar-refractivity contribution in [2.45, 2.75) is 18.9 Å². The Morgan fingerprint density at radius 1 is 1.65 bits per heavy atom. The second kappa shape index (κ2) is 6.14. The smallest absolute Gasteiger partial charge is 0.172 e. The van der Waals surface area contributed by atoms with E-state index in [1.807, 2.05) is 0 Å². The van der Waals surface area contributed by atoms with E-state index in [1.54, 1.807) is 18.3 Å². The van der Waals surface area contributed by atoms with E-state index in [0.717, 1.165) is 26.0 Å². The summed E-state index contributed by atoms with van der Waals surface area (Å²) < 4.78 is 5.49. The molecule has 1 aliphatic rings. The maximum absolute atomic E-state index is 5.96. The van der Waals surface area contributed by atoms with Gasteiger partial charge in [-0.25, -0.2) is 4.98 Å². The Morgan fingerprint density at radius 2 is 2.53 bits per heavy atom. The molecule has 4 nitrogen and oxygen atoms in total. The Balaban J connectivity index is 1.79. The van der Waals surface area contributed by atoms with Gasteiger partial charge in [0.25, 0.3) is 0 Å². The van der Waals surface area contributed by atoms with Crippen LogP contribution in [0.5, 0.6) is 0 Å². The molecule has 0 spiro atoms. The minimum atomic E-state index is 0.258. The first-order valence-corrected chi connectivity index (χ1v) is 6.31. The molecular weight excluding hydrogens is 258 g/mol. The van der Waals surface area contributed by atoms with Gasteiger partial charge in [0.15, 0.2) is 10.9 Å². The van der Waals surface area contributed by atoms with Crippen LogP contribution in [0.25, 0.3) is 0 Å². The minimum absolute atomic E-state index is 0.258. The summed E-state index contributed by atoms with van der Waals surface area (Å²) >= 11 is 11.1. The molecular formula is C11H14ClN3OS. The summed E-state index contributed by atoms with van der Waals surface area (Å²) in [5.41, 5.74) is 0. The standard InChI is InChI=1S/C11H14ClN3OS/c12-9-4-1-5-13-10(9)15-11(17)14-7-8-3-2-6-16-8/h1,4-5,8H,2-3,6-7H2,(H2,13,14,15,17)/t8-/m0/s1. The van der Waals surface area contributed by atoms with Crippen molar-refractivity contribution in [3.05, 3.63) is 23.4 Å². The Morgan fingerprint density at radius 3 is 3.24 bits per heavy atom. The molecule has 1 aromatic heterocycles. The number of aromatic nitrogens is 1. The van der Waals surface area contributed by atoms with Gasteiger partial charge >= 0.3 is 0 Å². The molecule has 0 aromatic carbocycles. The number of anilines is 1. The fraction of sp³-hybridized carbons (Fsp3) is 0.455. The molecule has 92 valence electrons. The van der Waals surface area contributed by atoms with Gasteiger partial charge in [0.2, 0.25) is 0 Å². The molecule has 0 saturated carbocycles. The fourth-order valence-electron chi connectivity index (χ4n) is 1.64. The van der Waals surface area contributed by atoms with Crippen molar-refractivity contribution in [3.63, 3.8) is 0 Å².